The first-order chi connectivity index (χ1) is 9.50. The maximum absolute atomic E-state index is 7.00. The molecule has 0 unspecified atom stereocenters. The van der Waals surface area contributed by atoms with E-state index in [1.807, 2.05) is 0 Å². The second-order valence-electron chi connectivity index (χ2n) is 5.30. The highest BCUT2D eigenvalue weighted by Crippen LogP contribution is 2.16. The molecule has 0 aromatic heterocycles. The average Bonchev–Trinajstić information content (AvgIpc) is 2.50. The van der Waals surface area contributed by atoms with Crippen molar-refractivity contribution in [1.82, 2.24) is 0 Å². The summed E-state index contributed by atoms with van der Waals surface area (Å²) in [5.41, 5.74) is 0. The van der Waals surface area contributed by atoms with E-state index in [0.29, 0.717) is 0 Å². The Labute approximate surface area is 121 Å². The van der Waals surface area contributed by atoms with Crippen LogP contribution in [0.4, 0.5) is 0 Å². The number of rotatable bonds is 0. The van der Waals surface area contributed by atoms with Crippen molar-refractivity contribution in [1.29, 1.82) is 0 Å². The average molecular weight is 274 g/mol. The van der Waals surface area contributed by atoms with Crippen LogP contribution >= 0.6 is 0 Å². The third kappa shape index (κ3) is 20.4. The van der Waals surface area contributed by atoms with Gasteiger partial charge in [0.2, 0.25) is 0 Å². The molecule has 0 bridgehead atoms. The molecule has 1 fully saturated rings. The van der Waals surface area contributed by atoms with Gasteiger partial charge in [0.15, 0.2) is 0 Å². The number of hydrogen-bond acceptors (Lipinski definition) is 2. The minimum absolute atomic E-state index is 1.00. The van der Waals surface area contributed by atoms with Crippen molar-refractivity contribution in [3.05, 3.63) is 0 Å². The zero-order chi connectivity index (χ0) is 14.6. The molecule has 1 aliphatic rings. The van der Waals surface area contributed by atoms with E-state index in [4.69, 9.17) is 10.2 Å². The molecule has 2 N–H and O–H groups in total. The number of hydrogen-bond donors (Lipinski definition) is 2. The molecule has 118 valence electrons. The van der Waals surface area contributed by atoms with E-state index >= 15 is 0 Å². The second kappa shape index (κ2) is 23.0. The summed E-state index contributed by atoms with van der Waals surface area (Å²) in [6.45, 7) is 0. The lowest BCUT2D eigenvalue weighted by Gasteiger charge is -2.01. The van der Waals surface area contributed by atoms with Crippen molar-refractivity contribution in [3.8, 4) is 0 Å². The van der Waals surface area contributed by atoms with Gasteiger partial charge in [-0.25, -0.2) is 0 Å². The lowest BCUT2D eigenvalue weighted by Crippen LogP contribution is -1.81. The smallest absolute Gasteiger partial charge is 0.0319 e. The van der Waals surface area contributed by atoms with Gasteiger partial charge in [0.25, 0.3) is 0 Å². The Bertz CT molecular complexity index is 67.8. The summed E-state index contributed by atoms with van der Waals surface area (Å²) in [5, 5.41) is 14.0. The standard InChI is InChI=1S/C15H30.2CH4O/c1-2-4-6-8-10-12-14-15-13-11-9-7-5-3-1;2*1-2/h1-15H2;2*2H,1H3. The lowest BCUT2D eigenvalue weighted by molar-refractivity contribution is 0.399. The fourth-order valence-corrected chi connectivity index (χ4v) is 2.65. The van der Waals surface area contributed by atoms with Gasteiger partial charge < -0.3 is 10.2 Å². The summed E-state index contributed by atoms with van der Waals surface area (Å²) in [6, 6.07) is 0. The van der Waals surface area contributed by atoms with E-state index in [1.165, 1.54) is 96.3 Å². The Kier molecular flexibility index (Phi) is 25.7. The topological polar surface area (TPSA) is 40.5 Å². The van der Waals surface area contributed by atoms with Crippen molar-refractivity contribution < 1.29 is 10.2 Å². The lowest BCUT2D eigenvalue weighted by atomic mass is 10.1. The molecule has 19 heavy (non-hydrogen) atoms. The normalized spacial score (nSPS) is 19.6. The second-order valence-corrected chi connectivity index (χ2v) is 5.30. The third-order valence-corrected chi connectivity index (χ3v) is 3.75. The highest BCUT2D eigenvalue weighted by molar-refractivity contribution is 4.52. The molecule has 0 amide bonds. The predicted molar refractivity (Wildman–Crippen MR) is 85.5 cm³/mol. The highest BCUT2D eigenvalue weighted by atomic mass is 16.2. The molecule has 1 aliphatic carbocycles. The van der Waals surface area contributed by atoms with Crippen LogP contribution in [-0.2, 0) is 0 Å². The molecule has 1 rings (SSSR count). The van der Waals surface area contributed by atoms with Crippen LogP contribution in [0.3, 0.4) is 0 Å². The Morgan fingerprint density at radius 3 is 0.368 bits per heavy atom. The molecule has 2 heteroatoms. The van der Waals surface area contributed by atoms with Gasteiger partial charge in [-0.1, -0.05) is 96.3 Å². The Morgan fingerprint density at radius 1 is 0.263 bits per heavy atom. The van der Waals surface area contributed by atoms with Gasteiger partial charge in [-0.2, -0.15) is 0 Å². The van der Waals surface area contributed by atoms with Crippen molar-refractivity contribution in [2.75, 3.05) is 14.2 Å². The van der Waals surface area contributed by atoms with E-state index in [0.717, 1.165) is 14.2 Å². The van der Waals surface area contributed by atoms with E-state index in [9.17, 15) is 0 Å². The fraction of sp³-hybridized carbons (Fsp3) is 1.00. The summed E-state index contributed by atoms with van der Waals surface area (Å²) in [4.78, 5) is 0. The molecular weight excluding hydrogens is 236 g/mol. The summed E-state index contributed by atoms with van der Waals surface area (Å²) >= 11 is 0. The minimum atomic E-state index is 1.00. The molecule has 0 aromatic rings. The SMILES string of the molecule is C1CCCCCCCCCCCCCC1.CO.CO. The van der Waals surface area contributed by atoms with Crippen LogP contribution in [0.2, 0.25) is 0 Å². The van der Waals surface area contributed by atoms with Crippen molar-refractivity contribution in [2.45, 2.75) is 96.3 Å². The zero-order valence-electron chi connectivity index (χ0n) is 13.5. The monoisotopic (exact) mass is 274 g/mol. The largest absolute Gasteiger partial charge is 0.400 e. The highest BCUT2D eigenvalue weighted by Gasteiger charge is 1.96. The van der Waals surface area contributed by atoms with Gasteiger partial charge in [-0.3, -0.25) is 0 Å². The molecular formula is C17H38O2. The zero-order valence-corrected chi connectivity index (χ0v) is 13.5. The Balaban J connectivity index is 0. The summed E-state index contributed by atoms with van der Waals surface area (Å²) in [5.74, 6) is 0. The summed E-state index contributed by atoms with van der Waals surface area (Å²) < 4.78 is 0. The molecule has 0 aliphatic heterocycles. The first-order valence-corrected chi connectivity index (χ1v) is 8.39. The van der Waals surface area contributed by atoms with Crippen LogP contribution < -0.4 is 0 Å². The molecule has 2 nitrogen and oxygen atoms in total. The first kappa shape index (κ1) is 21.2. The van der Waals surface area contributed by atoms with Crippen molar-refractivity contribution >= 4 is 0 Å². The first-order valence-electron chi connectivity index (χ1n) is 8.39. The third-order valence-electron chi connectivity index (χ3n) is 3.75. The number of aliphatic hydroxyl groups is 2. The maximum Gasteiger partial charge on any atom is 0.0319 e. The molecule has 0 saturated heterocycles. The van der Waals surface area contributed by atoms with Crippen LogP contribution in [0.15, 0.2) is 0 Å². The van der Waals surface area contributed by atoms with Crippen molar-refractivity contribution in [2.24, 2.45) is 0 Å². The molecule has 0 heterocycles. The van der Waals surface area contributed by atoms with Crippen molar-refractivity contribution in [3.63, 3.8) is 0 Å². The van der Waals surface area contributed by atoms with E-state index in [2.05, 4.69) is 0 Å². The van der Waals surface area contributed by atoms with Gasteiger partial charge in [-0.05, 0) is 0 Å². The fourth-order valence-electron chi connectivity index (χ4n) is 2.65. The molecule has 1 saturated carbocycles. The van der Waals surface area contributed by atoms with Crippen LogP contribution in [0.25, 0.3) is 0 Å². The molecule has 0 aromatic carbocycles. The molecule has 0 spiro atoms. The van der Waals surface area contributed by atoms with Crippen LogP contribution in [0.1, 0.15) is 96.3 Å². The minimum Gasteiger partial charge on any atom is -0.400 e. The van der Waals surface area contributed by atoms with E-state index < -0.39 is 0 Å². The summed E-state index contributed by atoms with van der Waals surface area (Å²) in [6.07, 6.45) is 22.5. The van der Waals surface area contributed by atoms with Gasteiger partial charge in [0.05, 0.1) is 0 Å². The quantitative estimate of drug-likeness (QED) is 0.647. The molecule has 0 atom stereocenters. The number of aliphatic hydroxyl groups excluding tert-OH is 2. The van der Waals surface area contributed by atoms with E-state index in [1.54, 1.807) is 0 Å². The Hall–Kier alpha value is -0.0800. The Morgan fingerprint density at radius 2 is 0.316 bits per heavy atom. The van der Waals surface area contributed by atoms with Crippen LogP contribution in [0, 0.1) is 0 Å². The van der Waals surface area contributed by atoms with E-state index in [-0.39, 0.29) is 0 Å². The van der Waals surface area contributed by atoms with Gasteiger partial charge in [0, 0.05) is 14.2 Å². The van der Waals surface area contributed by atoms with Gasteiger partial charge >= 0.3 is 0 Å². The van der Waals surface area contributed by atoms with Gasteiger partial charge in [-0.15, -0.1) is 0 Å². The maximum atomic E-state index is 7.00. The van der Waals surface area contributed by atoms with Crippen LogP contribution in [0.5, 0.6) is 0 Å². The van der Waals surface area contributed by atoms with Gasteiger partial charge in [0.1, 0.15) is 0 Å². The predicted octanol–water partition coefficient (Wildman–Crippen LogP) is 5.07. The summed E-state index contributed by atoms with van der Waals surface area (Å²) in [7, 11) is 2.00. The molecule has 0 radical (unpaired) electrons. The van der Waals surface area contributed by atoms with Crippen LogP contribution in [-0.4, -0.2) is 24.4 Å².